The lowest BCUT2D eigenvalue weighted by Gasteiger charge is -2.34. The predicted octanol–water partition coefficient (Wildman–Crippen LogP) is 1.94. The molecule has 2 aliphatic heterocycles. The Morgan fingerprint density at radius 1 is 1.38 bits per heavy atom. The van der Waals surface area contributed by atoms with Crippen LogP contribution in [0.3, 0.4) is 0 Å². The molecule has 0 spiro atoms. The summed E-state index contributed by atoms with van der Waals surface area (Å²) in [5, 5.41) is 6.83. The highest BCUT2D eigenvalue weighted by atomic mass is 127. The lowest BCUT2D eigenvalue weighted by atomic mass is 10.2. The molecule has 1 aromatic heterocycles. The second kappa shape index (κ2) is 11.8. The van der Waals surface area contributed by atoms with Gasteiger partial charge in [0.25, 0.3) is 0 Å². The fourth-order valence-electron chi connectivity index (χ4n) is 3.87. The van der Waals surface area contributed by atoms with E-state index in [0.717, 1.165) is 51.7 Å². The highest BCUT2D eigenvalue weighted by molar-refractivity contribution is 14.0. The van der Waals surface area contributed by atoms with Gasteiger partial charge in [-0.15, -0.1) is 24.0 Å². The predicted molar refractivity (Wildman–Crippen MR) is 126 cm³/mol. The van der Waals surface area contributed by atoms with Gasteiger partial charge in [-0.25, -0.2) is 9.37 Å². The molecule has 2 fully saturated rings. The van der Waals surface area contributed by atoms with Gasteiger partial charge in [0.1, 0.15) is 0 Å². The Morgan fingerprint density at radius 2 is 2.21 bits per heavy atom. The Balaban J connectivity index is 0.00000300. The van der Waals surface area contributed by atoms with Crippen molar-refractivity contribution in [1.82, 2.24) is 20.5 Å². The Hall–Kier alpha value is -1.20. The van der Waals surface area contributed by atoms with E-state index in [-0.39, 0.29) is 41.9 Å². The molecule has 2 N–H and O–H groups in total. The van der Waals surface area contributed by atoms with Crippen LogP contribution in [0.1, 0.15) is 20.3 Å². The first-order valence-corrected chi connectivity index (χ1v) is 10.2. The number of guanidine groups is 1. The third-order valence-electron chi connectivity index (χ3n) is 5.13. The minimum absolute atomic E-state index is 0. The van der Waals surface area contributed by atoms with E-state index in [1.54, 1.807) is 19.3 Å². The molecule has 0 aliphatic carbocycles. The first kappa shape index (κ1) is 24.1. The van der Waals surface area contributed by atoms with Gasteiger partial charge >= 0.3 is 0 Å². The molecule has 2 aliphatic rings. The van der Waals surface area contributed by atoms with Crippen molar-refractivity contribution in [3.05, 3.63) is 24.1 Å². The second-order valence-electron chi connectivity index (χ2n) is 7.98. The van der Waals surface area contributed by atoms with E-state index in [1.807, 2.05) is 4.90 Å². The number of rotatable bonds is 6. The van der Waals surface area contributed by atoms with Crippen LogP contribution in [0.2, 0.25) is 0 Å². The molecule has 164 valence electrons. The summed E-state index contributed by atoms with van der Waals surface area (Å²) >= 11 is 0. The van der Waals surface area contributed by atoms with Crippen LogP contribution in [0.15, 0.2) is 23.3 Å². The highest BCUT2D eigenvalue weighted by Gasteiger charge is 2.26. The van der Waals surface area contributed by atoms with E-state index in [4.69, 9.17) is 4.74 Å². The molecule has 9 heteroatoms. The molecule has 2 unspecified atom stereocenters. The number of pyridine rings is 1. The van der Waals surface area contributed by atoms with Gasteiger partial charge in [0.05, 0.1) is 12.7 Å². The highest BCUT2D eigenvalue weighted by Crippen LogP contribution is 2.20. The molecule has 29 heavy (non-hydrogen) atoms. The second-order valence-corrected chi connectivity index (χ2v) is 7.98. The monoisotopic (exact) mass is 520 g/mol. The maximum atomic E-state index is 14.0. The van der Waals surface area contributed by atoms with Gasteiger partial charge in [-0.3, -0.25) is 9.89 Å². The number of ether oxygens (including phenoxy) is 1. The number of morpholine rings is 1. The topological polar surface area (TPSA) is 65.0 Å². The number of anilines is 1. The van der Waals surface area contributed by atoms with E-state index in [9.17, 15) is 4.39 Å². The summed E-state index contributed by atoms with van der Waals surface area (Å²) in [6, 6.07) is 3.28. The summed E-state index contributed by atoms with van der Waals surface area (Å²) in [5.41, 5.74) is 0. The van der Waals surface area contributed by atoms with Gasteiger partial charge in [0, 0.05) is 58.6 Å². The summed E-state index contributed by atoms with van der Waals surface area (Å²) in [6.45, 7) is 10.5. The molecule has 0 bridgehead atoms. The van der Waals surface area contributed by atoms with Gasteiger partial charge in [-0.05, 0) is 24.5 Å². The number of aromatic nitrogens is 1. The third-order valence-corrected chi connectivity index (χ3v) is 5.13. The average Bonchev–Trinajstić information content (AvgIpc) is 3.13. The molecular formula is C20H34FIN6O. The van der Waals surface area contributed by atoms with Gasteiger partial charge < -0.3 is 20.3 Å². The number of hydrogen-bond donors (Lipinski definition) is 2. The summed E-state index contributed by atoms with van der Waals surface area (Å²) in [5.74, 6) is 1.58. The largest absolute Gasteiger partial charge is 0.374 e. The van der Waals surface area contributed by atoms with Crippen molar-refractivity contribution in [3.8, 4) is 0 Å². The number of nitrogens with zero attached hydrogens (tertiary/aromatic N) is 4. The Morgan fingerprint density at radius 3 is 2.93 bits per heavy atom. The van der Waals surface area contributed by atoms with Gasteiger partial charge in [0.15, 0.2) is 17.6 Å². The van der Waals surface area contributed by atoms with Crippen molar-refractivity contribution >= 4 is 35.8 Å². The van der Waals surface area contributed by atoms with E-state index >= 15 is 0 Å². The van der Waals surface area contributed by atoms with Crippen LogP contribution in [-0.4, -0.2) is 80.9 Å². The molecular weight excluding hydrogens is 486 g/mol. The number of aliphatic imine (C=N–C) groups is 1. The maximum Gasteiger partial charge on any atom is 0.191 e. The summed E-state index contributed by atoms with van der Waals surface area (Å²) in [7, 11) is 1.77. The standard InChI is InChI=1S/C20H33FN6O.HI/c1-15(2)12-26-9-10-28-17(14-26)11-24-20(22-3)25-16-6-8-27(13-16)19-18(21)5-4-7-23-19;/h4-5,7,15-17H,6,8-14H2,1-3H3,(H2,22,24,25);1H. The van der Waals surface area contributed by atoms with Crippen molar-refractivity contribution in [2.45, 2.75) is 32.4 Å². The van der Waals surface area contributed by atoms with Crippen LogP contribution in [0.5, 0.6) is 0 Å². The van der Waals surface area contributed by atoms with E-state index < -0.39 is 0 Å². The van der Waals surface area contributed by atoms with Crippen LogP contribution >= 0.6 is 24.0 Å². The SMILES string of the molecule is CN=C(NCC1CN(CC(C)C)CCO1)NC1CCN(c2ncccc2F)C1.I. The molecule has 7 nitrogen and oxygen atoms in total. The zero-order valence-electron chi connectivity index (χ0n) is 17.6. The van der Waals surface area contributed by atoms with Crippen molar-refractivity contribution in [3.63, 3.8) is 0 Å². The molecule has 3 heterocycles. The quantitative estimate of drug-likeness (QED) is 0.340. The minimum atomic E-state index is -0.272. The van der Waals surface area contributed by atoms with E-state index in [2.05, 4.69) is 39.4 Å². The fourth-order valence-corrected chi connectivity index (χ4v) is 3.87. The zero-order valence-corrected chi connectivity index (χ0v) is 19.9. The molecule has 0 radical (unpaired) electrons. The van der Waals surface area contributed by atoms with Crippen LogP contribution in [0.25, 0.3) is 0 Å². The van der Waals surface area contributed by atoms with Crippen LogP contribution in [0.4, 0.5) is 10.2 Å². The Labute approximate surface area is 190 Å². The van der Waals surface area contributed by atoms with Crippen LogP contribution in [0, 0.1) is 11.7 Å². The molecule has 0 saturated carbocycles. The first-order chi connectivity index (χ1) is 13.5. The molecule has 1 aromatic rings. The number of nitrogens with one attached hydrogen (secondary N) is 2. The van der Waals surface area contributed by atoms with Crippen molar-refractivity contribution < 1.29 is 9.13 Å². The van der Waals surface area contributed by atoms with Crippen molar-refractivity contribution in [2.75, 3.05) is 57.8 Å². The van der Waals surface area contributed by atoms with Gasteiger partial charge in [-0.2, -0.15) is 0 Å². The molecule has 2 saturated heterocycles. The molecule has 0 aromatic carbocycles. The Bertz CT molecular complexity index is 662. The molecule has 3 rings (SSSR count). The van der Waals surface area contributed by atoms with Gasteiger partial charge in [-0.1, -0.05) is 13.8 Å². The van der Waals surface area contributed by atoms with Gasteiger partial charge in [0.2, 0.25) is 0 Å². The third kappa shape index (κ3) is 7.21. The normalized spacial score (nSPS) is 23.2. The lowest BCUT2D eigenvalue weighted by molar-refractivity contribution is -0.0284. The average molecular weight is 520 g/mol. The van der Waals surface area contributed by atoms with Crippen LogP contribution < -0.4 is 15.5 Å². The summed E-state index contributed by atoms with van der Waals surface area (Å²) < 4.78 is 19.9. The summed E-state index contributed by atoms with van der Waals surface area (Å²) in [6.07, 6.45) is 2.71. The number of halogens is 2. The maximum absolute atomic E-state index is 14.0. The van der Waals surface area contributed by atoms with Crippen molar-refractivity contribution in [2.24, 2.45) is 10.9 Å². The van der Waals surface area contributed by atoms with Crippen molar-refractivity contribution in [1.29, 1.82) is 0 Å². The lowest BCUT2D eigenvalue weighted by Crippen LogP contribution is -2.51. The van der Waals surface area contributed by atoms with E-state index in [1.165, 1.54) is 6.07 Å². The molecule has 0 amide bonds. The van der Waals surface area contributed by atoms with E-state index in [0.29, 0.717) is 18.3 Å². The zero-order chi connectivity index (χ0) is 19.9. The van der Waals surface area contributed by atoms with Crippen LogP contribution in [-0.2, 0) is 4.74 Å². The summed E-state index contributed by atoms with van der Waals surface area (Å²) in [4.78, 5) is 13.0. The number of hydrogen-bond acceptors (Lipinski definition) is 5. The minimum Gasteiger partial charge on any atom is -0.374 e. The molecule has 2 atom stereocenters. The smallest absolute Gasteiger partial charge is 0.191 e. The fraction of sp³-hybridized carbons (Fsp3) is 0.700. The first-order valence-electron chi connectivity index (χ1n) is 10.2. The Kier molecular flexibility index (Phi) is 9.84.